The summed E-state index contributed by atoms with van der Waals surface area (Å²) in [5.41, 5.74) is 0.570. The van der Waals surface area contributed by atoms with E-state index in [0.29, 0.717) is 17.3 Å². The average molecular weight is 234 g/mol. The van der Waals surface area contributed by atoms with Crippen molar-refractivity contribution < 1.29 is 0 Å². The zero-order chi connectivity index (χ0) is 11.2. The third kappa shape index (κ3) is 2.86. The molecule has 0 spiro atoms. The van der Waals surface area contributed by atoms with Gasteiger partial charge in [0.15, 0.2) is 5.82 Å². The minimum atomic E-state index is 0.570. The Bertz CT molecular complexity index is 382. The lowest BCUT2D eigenvalue weighted by Gasteiger charge is -2.21. The molecule has 0 aliphatic carbocycles. The Labute approximate surface area is 99.5 Å². The Balaban J connectivity index is 1.91. The van der Waals surface area contributed by atoms with Crippen LogP contribution in [0.15, 0.2) is 12.3 Å². The van der Waals surface area contributed by atoms with Gasteiger partial charge in [0.05, 0.1) is 11.8 Å². The molecule has 0 amide bonds. The molecular weight excluding hydrogens is 220 g/mol. The third-order valence-electron chi connectivity index (χ3n) is 2.74. The number of thioether (sulfide) groups is 1. The SMILES string of the molecule is N#Cc1ccnnc1NCC1CCSCC1. The fourth-order valence-electron chi connectivity index (χ4n) is 1.74. The minimum absolute atomic E-state index is 0.570. The van der Waals surface area contributed by atoms with Crippen molar-refractivity contribution in [3.8, 4) is 6.07 Å². The Morgan fingerprint density at radius 3 is 3.06 bits per heavy atom. The number of aromatic nitrogens is 2. The largest absolute Gasteiger partial charge is 0.367 e. The first-order chi connectivity index (χ1) is 7.90. The van der Waals surface area contributed by atoms with E-state index in [1.165, 1.54) is 24.3 Å². The zero-order valence-corrected chi connectivity index (χ0v) is 9.83. The van der Waals surface area contributed by atoms with Gasteiger partial charge in [-0.2, -0.15) is 22.1 Å². The second-order valence-corrected chi connectivity index (χ2v) is 5.07. The van der Waals surface area contributed by atoms with Crippen molar-refractivity contribution >= 4 is 17.6 Å². The van der Waals surface area contributed by atoms with Gasteiger partial charge in [0, 0.05) is 6.54 Å². The molecule has 5 heteroatoms. The molecule has 0 aromatic carbocycles. The lowest BCUT2D eigenvalue weighted by Crippen LogP contribution is -2.20. The molecule has 1 fully saturated rings. The van der Waals surface area contributed by atoms with E-state index in [4.69, 9.17) is 5.26 Å². The Morgan fingerprint density at radius 2 is 2.31 bits per heavy atom. The molecule has 1 aliphatic rings. The zero-order valence-electron chi connectivity index (χ0n) is 9.02. The first-order valence-corrected chi connectivity index (χ1v) is 6.59. The standard InChI is InChI=1S/C11H14N4S/c12-7-10-1-4-14-15-11(10)13-8-9-2-5-16-6-3-9/h1,4,9H,2-3,5-6,8H2,(H,13,15). The van der Waals surface area contributed by atoms with Gasteiger partial charge in [0.1, 0.15) is 6.07 Å². The highest BCUT2D eigenvalue weighted by atomic mass is 32.2. The number of hydrogen-bond acceptors (Lipinski definition) is 5. The van der Waals surface area contributed by atoms with Crippen LogP contribution in [0.1, 0.15) is 18.4 Å². The van der Waals surface area contributed by atoms with Crippen LogP contribution < -0.4 is 5.32 Å². The molecule has 1 aromatic rings. The van der Waals surface area contributed by atoms with Crippen LogP contribution in [0.5, 0.6) is 0 Å². The minimum Gasteiger partial charge on any atom is -0.367 e. The van der Waals surface area contributed by atoms with E-state index in [9.17, 15) is 0 Å². The van der Waals surface area contributed by atoms with Crippen molar-refractivity contribution in [3.05, 3.63) is 17.8 Å². The molecule has 1 saturated heterocycles. The van der Waals surface area contributed by atoms with Gasteiger partial charge < -0.3 is 5.32 Å². The third-order valence-corrected chi connectivity index (χ3v) is 3.79. The first-order valence-electron chi connectivity index (χ1n) is 5.43. The maximum absolute atomic E-state index is 8.89. The van der Waals surface area contributed by atoms with E-state index in [1.807, 2.05) is 11.8 Å². The summed E-state index contributed by atoms with van der Waals surface area (Å²) in [6.45, 7) is 0.897. The lowest BCUT2D eigenvalue weighted by atomic mass is 10.0. The first kappa shape index (κ1) is 11.2. The summed E-state index contributed by atoms with van der Waals surface area (Å²) in [5, 5.41) is 19.9. The van der Waals surface area contributed by atoms with Gasteiger partial charge in [-0.1, -0.05) is 0 Å². The van der Waals surface area contributed by atoms with E-state index in [2.05, 4.69) is 21.6 Å². The predicted molar refractivity (Wildman–Crippen MR) is 65.3 cm³/mol. The van der Waals surface area contributed by atoms with E-state index >= 15 is 0 Å². The van der Waals surface area contributed by atoms with E-state index in [0.717, 1.165) is 6.54 Å². The smallest absolute Gasteiger partial charge is 0.166 e. The number of rotatable bonds is 3. The van der Waals surface area contributed by atoms with Crippen LogP contribution in [0.2, 0.25) is 0 Å². The van der Waals surface area contributed by atoms with Crippen molar-refractivity contribution in [2.24, 2.45) is 5.92 Å². The number of anilines is 1. The summed E-state index contributed by atoms with van der Waals surface area (Å²) in [7, 11) is 0. The fourth-order valence-corrected chi connectivity index (χ4v) is 2.95. The summed E-state index contributed by atoms with van der Waals surface area (Å²) in [6.07, 6.45) is 4.04. The highest BCUT2D eigenvalue weighted by Gasteiger charge is 2.14. The number of nitrogens with one attached hydrogen (secondary N) is 1. The molecule has 4 nitrogen and oxygen atoms in total. The molecule has 84 valence electrons. The van der Waals surface area contributed by atoms with Crippen LogP contribution in [0.3, 0.4) is 0 Å². The quantitative estimate of drug-likeness (QED) is 0.865. The molecule has 0 atom stereocenters. The molecule has 0 unspecified atom stereocenters. The van der Waals surface area contributed by atoms with Crippen LogP contribution >= 0.6 is 11.8 Å². The molecule has 16 heavy (non-hydrogen) atoms. The van der Waals surface area contributed by atoms with E-state index in [-0.39, 0.29) is 0 Å². The Kier molecular flexibility index (Phi) is 4.00. The van der Waals surface area contributed by atoms with Crippen molar-refractivity contribution in [1.82, 2.24) is 10.2 Å². The van der Waals surface area contributed by atoms with Crippen molar-refractivity contribution in [3.63, 3.8) is 0 Å². The molecule has 2 rings (SSSR count). The molecule has 0 saturated carbocycles. The van der Waals surface area contributed by atoms with Gasteiger partial charge in [-0.3, -0.25) is 0 Å². The number of hydrogen-bond donors (Lipinski definition) is 1. The van der Waals surface area contributed by atoms with Gasteiger partial charge in [-0.05, 0) is 36.3 Å². The summed E-state index contributed by atoms with van der Waals surface area (Å²) in [6, 6.07) is 3.80. The highest BCUT2D eigenvalue weighted by molar-refractivity contribution is 7.99. The Hall–Kier alpha value is -1.28. The monoisotopic (exact) mass is 234 g/mol. The predicted octanol–water partition coefficient (Wildman–Crippen LogP) is 1.90. The second-order valence-electron chi connectivity index (χ2n) is 3.84. The Morgan fingerprint density at radius 1 is 1.50 bits per heavy atom. The highest BCUT2D eigenvalue weighted by Crippen LogP contribution is 2.23. The van der Waals surface area contributed by atoms with Crippen molar-refractivity contribution in [1.29, 1.82) is 5.26 Å². The number of nitriles is 1. The molecule has 1 N–H and O–H groups in total. The van der Waals surface area contributed by atoms with E-state index in [1.54, 1.807) is 12.3 Å². The normalized spacial score (nSPS) is 16.7. The van der Waals surface area contributed by atoms with Gasteiger partial charge >= 0.3 is 0 Å². The van der Waals surface area contributed by atoms with Crippen LogP contribution in [0.4, 0.5) is 5.82 Å². The lowest BCUT2D eigenvalue weighted by molar-refractivity contribution is 0.515. The van der Waals surface area contributed by atoms with Crippen molar-refractivity contribution in [2.75, 3.05) is 23.4 Å². The second kappa shape index (κ2) is 5.71. The molecule has 1 aromatic heterocycles. The summed E-state index contributed by atoms with van der Waals surface area (Å²) < 4.78 is 0. The molecule has 0 bridgehead atoms. The maximum Gasteiger partial charge on any atom is 0.166 e. The molecule has 2 heterocycles. The summed E-state index contributed by atoms with van der Waals surface area (Å²) >= 11 is 2.02. The van der Waals surface area contributed by atoms with Gasteiger partial charge in [0.2, 0.25) is 0 Å². The number of nitrogens with zero attached hydrogens (tertiary/aromatic N) is 3. The van der Waals surface area contributed by atoms with Crippen LogP contribution in [-0.2, 0) is 0 Å². The van der Waals surface area contributed by atoms with Gasteiger partial charge in [-0.15, -0.1) is 5.10 Å². The summed E-state index contributed by atoms with van der Waals surface area (Å²) in [4.78, 5) is 0. The van der Waals surface area contributed by atoms with Gasteiger partial charge in [0.25, 0.3) is 0 Å². The molecule has 0 radical (unpaired) electrons. The fraction of sp³-hybridized carbons (Fsp3) is 0.545. The van der Waals surface area contributed by atoms with Crippen molar-refractivity contribution in [2.45, 2.75) is 12.8 Å². The van der Waals surface area contributed by atoms with E-state index < -0.39 is 0 Å². The van der Waals surface area contributed by atoms with Crippen LogP contribution in [-0.4, -0.2) is 28.2 Å². The molecular formula is C11H14N4S. The van der Waals surface area contributed by atoms with Gasteiger partial charge in [-0.25, -0.2) is 0 Å². The topological polar surface area (TPSA) is 61.6 Å². The summed E-state index contributed by atoms with van der Waals surface area (Å²) in [5.74, 6) is 3.81. The average Bonchev–Trinajstić information content (AvgIpc) is 2.38. The maximum atomic E-state index is 8.89. The van der Waals surface area contributed by atoms with Crippen LogP contribution in [0, 0.1) is 17.2 Å². The van der Waals surface area contributed by atoms with Crippen LogP contribution in [0.25, 0.3) is 0 Å². The molecule has 1 aliphatic heterocycles.